The van der Waals surface area contributed by atoms with Crippen LogP contribution in [0.25, 0.3) is 6.08 Å². The molecule has 0 aliphatic heterocycles. The fourth-order valence-corrected chi connectivity index (χ4v) is 1.90. The Morgan fingerprint density at radius 3 is 2.80 bits per heavy atom. The van der Waals surface area contributed by atoms with E-state index in [1.165, 1.54) is 18.2 Å². The number of carbonyl (C=O) groups excluding carboxylic acids is 1. The largest absolute Gasteiger partial charge is 0.354 e. The fourth-order valence-electron chi connectivity index (χ4n) is 1.90. The van der Waals surface area contributed by atoms with Crippen LogP contribution in [-0.2, 0) is 18.3 Å². The van der Waals surface area contributed by atoms with Crippen LogP contribution in [0.2, 0.25) is 0 Å². The molecule has 1 heterocycles. The van der Waals surface area contributed by atoms with Gasteiger partial charge < -0.3 is 9.88 Å². The molecule has 0 atom stereocenters. The summed E-state index contributed by atoms with van der Waals surface area (Å²) in [5.74, 6) is -0.553. The molecule has 0 aliphatic carbocycles. The van der Waals surface area contributed by atoms with E-state index < -0.39 is 0 Å². The number of amides is 1. The molecule has 1 aromatic carbocycles. The van der Waals surface area contributed by atoms with E-state index in [2.05, 4.69) is 5.32 Å². The Morgan fingerprint density at radius 1 is 1.30 bits per heavy atom. The van der Waals surface area contributed by atoms with Crippen molar-refractivity contribution in [1.82, 2.24) is 9.88 Å². The fraction of sp³-hybridized carbons (Fsp3) is 0.188. The molecule has 0 unspecified atom stereocenters. The first-order valence-corrected chi connectivity index (χ1v) is 6.47. The lowest BCUT2D eigenvalue weighted by atomic mass is 10.2. The summed E-state index contributed by atoms with van der Waals surface area (Å²) in [5.41, 5.74) is 1.56. The summed E-state index contributed by atoms with van der Waals surface area (Å²) in [4.78, 5) is 11.6. The highest BCUT2D eigenvalue weighted by atomic mass is 19.1. The van der Waals surface area contributed by atoms with Crippen molar-refractivity contribution in [2.45, 2.75) is 6.42 Å². The van der Waals surface area contributed by atoms with E-state index in [-0.39, 0.29) is 11.7 Å². The third-order valence-corrected chi connectivity index (χ3v) is 3.05. The zero-order chi connectivity index (χ0) is 14.4. The summed E-state index contributed by atoms with van der Waals surface area (Å²) in [6, 6.07) is 10.3. The van der Waals surface area contributed by atoms with Crippen molar-refractivity contribution >= 4 is 12.0 Å². The lowest BCUT2D eigenvalue weighted by Crippen LogP contribution is -2.24. The van der Waals surface area contributed by atoms with Gasteiger partial charge in [-0.2, -0.15) is 0 Å². The maximum Gasteiger partial charge on any atom is 0.244 e. The molecular formula is C16H17FN2O. The molecule has 1 amide bonds. The van der Waals surface area contributed by atoms with Crippen LogP contribution in [-0.4, -0.2) is 17.0 Å². The van der Waals surface area contributed by atoms with Crippen LogP contribution in [0, 0.1) is 5.82 Å². The first-order valence-electron chi connectivity index (χ1n) is 6.47. The first-order chi connectivity index (χ1) is 9.66. The predicted octanol–water partition coefficient (Wildman–Crippen LogP) is 2.54. The summed E-state index contributed by atoms with van der Waals surface area (Å²) >= 11 is 0. The molecule has 4 heteroatoms. The highest BCUT2D eigenvalue weighted by molar-refractivity contribution is 5.91. The van der Waals surface area contributed by atoms with Crippen molar-refractivity contribution in [2.75, 3.05) is 6.54 Å². The van der Waals surface area contributed by atoms with E-state index in [1.54, 1.807) is 18.2 Å². The minimum atomic E-state index is -0.333. The molecule has 0 saturated carbocycles. The van der Waals surface area contributed by atoms with Crippen molar-refractivity contribution in [1.29, 1.82) is 0 Å². The molecule has 3 nitrogen and oxygen atoms in total. The SMILES string of the molecule is Cn1cccc1CCNC(=O)C=Cc1ccccc1F. The number of carbonyl (C=O) groups is 1. The van der Waals surface area contributed by atoms with Crippen LogP contribution in [0.5, 0.6) is 0 Å². The number of aryl methyl sites for hydroxylation is 1. The van der Waals surface area contributed by atoms with Gasteiger partial charge in [0.15, 0.2) is 0 Å². The lowest BCUT2D eigenvalue weighted by molar-refractivity contribution is -0.116. The zero-order valence-electron chi connectivity index (χ0n) is 11.3. The van der Waals surface area contributed by atoms with Gasteiger partial charge in [0, 0.05) is 43.5 Å². The molecule has 2 aromatic rings. The molecule has 2 rings (SSSR count). The molecule has 0 bridgehead atoms. The zero-order valence-corrected chi connectivity index (χ0v) is 11.3. The van der Waals surface area contributed by atoms with Crippen LogP contribution < -0.4 is 5.32 Å². The Kier molecular flexibility index (Phi) is 4.71. The topological polar surface area (TPSA) is 34.0 Å². The van der Waals surface area contributed by atoms with Crippen LogP contribution in [0.1, 0.15) is 11.3 Å². The van der Waals surface area contributed by atoms with Gasteiger partial charge in [0.05, 0.1) is 0 Å². The Morgan fingerprint density at radius 2 is 2.10 bits per heavy atom. The molecule has 0 spiro atoms. The minimum Gasteiger partial charge on any atom is -0.354 e. The summed E-state index contributed by atoms with van der Waals surface area (Å²) in [7, 11) is 1.97. The molecule has 0 fully saturated rings. The van der Waals surface area contributed by atoms with Gasteiger partial charge in [0.1, 0.15) is 5.82 Å². The van der Waals surface area contributed by atoms with Crippen molar-refractivity contribution in [3.8, 4) is 0 Å². The average molecular weight is 272 g/mol. The van der Waals surface area contributed by atoms with Crippen LogP contribution in [0.3, 0.4) is 0 Å². The summed E-state index contributed by atoms with van der Waals surface area (Å²) < 4.78 is 15.4. The Balaban J connectivity index is 1.81. The van der Waals surface area contributed by atoms with E-state index >= 15 is 0 Å². The summed E-state index contributed by atoms with van der Waals surface area (Å²) in [5, 5.41) is 2.78. The quantitative estimate of drug-likeness (QED) is 0.834. The number of halogens is 1. The second kappa shape index (κ2) is 6.70. The lowest BCUT2D eigenvalue weighted by Gasteiger charge is -2.04. The monoisotopic (exact) mass is 272 g/mol. The second-order valence-electron chi connectivity index (χ2n) is 4.51. The van der Waals surface area contributed by atoms with Gasteiger partial charge in [-0.15, -0.1) is 0 Å². The van der Waals surface area contributed by atoms with Crippen molar-refractivity contribution in [3.05, 3.63) is 65.7 Å². The summed E-state index contributed by atoms with van der Waals surface area (Å²) in [6.45, 7) is 0.554. The standard InChI is InChI=1S/C16H17FN2O/c1-19-12-4-6-14(19)10-11-18-16(20)9-8-13-5-2-3-7-15(13)17/h2-9,12H,10-11H2,1H3,(H,18,20). The maximum absolute atomic E-state index is 13.3. The number of nitrogens with one attached hydrogen (secondary N) is 1. The Labute approximate surface area is 117 Å². The number of aromatic nitrogens is 1. The van der Waals surface area contributed by atoms with Gasteiger partial charge in [0.2, 0.25) is 5.91 Å². The Hall–Kier alpha value is -2.36. The average Bonchev–Trinajstić information content (AvgIpc) is 2.84. The molecule has 20 heavy (non-hydrogen) atoms. The molecule has 0 aliphatic rings. The van der Waals surface area contributed by atoms with Gasteiger partial charge in [-0.25, -0.2) is 4.39 Å². The van der Waals surface area contributed by atoms with Crippen LogP contribution in [0.4, 0.5) is 4.39 Å². The van der Waals surface area contributed by atoms with Crippen LogP contribution in [0.15, 0.2) is 48.7 Å². The van der Waals surface area contributed by atoms with E-state index in [9.17, 15) is 9.18 Å². The number of rotatable bonds is 5. The van der Waals surface area contributed by atoms with Gasteiger partial charge in [0.25, 0.3) is 0 Å². The van der Waals surface area contributed by atoms with E-state index in [4.69, 9.17) is 0 Å². The number of benzene rings is 1. The highest BCUT2D eigenvalue weighted by Crippen LogP contribution is 2.07. The number of hydrogen-bond donors (Lipinski definition) is 1. The van der Waals surface area contributed by atoms with Gasteiger partial charge >= 0.3 is 0 Å². The van der Waals surface area contributed by atoms with Gasteiger partial charge in [-0.3, -0.25) is 4.79 Å². The predicted molar refractivity (Wildman–Crippen MR) is 77.6 cm³/mol. The Bertz CT molecular complexity index is 616. The number of hydrogen-bond acceptors (Lipinski definition) is 1. The number of nitrogens with zero attached hydrogens (tertiary/aromatic N) is 1. The van der Waals surface area contributed by atoms with Crippen molar-refractivity contribution in [2.24, 2.45) is 7.05 Å². The van der Waals surface area contributed by atoms with Crippen molar-refractivity contribution < 1.29 is 9.18 Å². The third kappa shape index (κ3) is 3.82. The molecule has 104 valence electrons. The normalized spacial score (nSPS) is 10.9. The molecule has 0 saturated heterocycles. The molecular weight excluding hydrogens is 255 g/mol. The van der Waals surface area contributed by atoms with Gasteiger partial charge in [-0.1, -0.05) is 18.2 Å². The minimum absolute atomic E-state index is 0.220. The smallest absolute Gasteiger partial charge is 0.244 e. The van der Waals surface area contributed by atoms with Gasteiger partial charge in [-0.05, 0) is 24.3 Å². The highest BCUT2D eigenvalue weighted by Gasteiger charge is 2.00. The van der Waals surface area contributed by atoms with E-state index in [0.29, 0.717) is 12.1 Å². The molecule has 0 radical (unpaired) electrons. The van der Waals surface area contributed by atoms with Crippen LogP contribution >= 0.6 is 0 Å². The maximum atomic E-state index is 13.3. The third-order valence-electron chi connectivity index (χ3n) is 3.05. The van der Waals surface area contributed by atoms with E-state index in [1.807, 2.05) is 29.9 Å². The first kappa shape index (κ1) is 14.1. The molecule has 1 N–H and O–H groups in total. The van der Waals surface area contributed by atoms with Crippen molar-refractivity contribution in [3.63, 3.8) is 0 Å². The summed E-state index contributed by atoms with van der Waals surface area (Å²) in [6.07, 6.45) is 5.56. The molecule has 1 aromatic heterocycles. The second-order valence-corrected chi connectivity index (χ2v) is 4.51. The van der Waals surface area contributed by atoms with E-state index in [0.717, 1.165) is 12.1 Å².